The van der Waals surface area contributed by atoms with Crippen LogP contribution in [0, 0.1) is 0 Å². The summed E-state index contributed by atoms with van der Waals surface area (Å²) in [6.07, 6.45) is 0. The van der Waals surface area contributed by atoms with Gasteiger partial charge < -0.3 is 9.32 Å². The first-order valence-electron chi connectivity index (χ1n) is 14.3. The van der Waals surface area contributed by atoms with Crippen molar-refractivity contribution in [3.8, 4) is 22.3 Å². The summed E-state index contributed by atoms with van der Waals surface area (Å²) in [5.74, 6) is 0. The highest BCUT2D eigenvalue weighted by Crippen LogP contribution is 2.44. The summed E-state index contributed by atoms with van der Waals surface area (Å²) in [5.41, 5.74) is 9.86. The second-order valence-electron chi connectivity index (χ2n) is 10.5. The van der Waals surface area contributed by atoms with E-state index in [2.05, 4.69) is 157 Å². The second kappa shape index (κ2) is 10.1. The zero-order valence-electron chi connectivity index (χ0n) is 22.9. The molecule has 0 unspecified atom stereocenters. The molecule has 8 aromatic rings. The summed E-state index contributed by atoms with van der Waals surface area (Å²) in [4.78, 5) is 2.35. The van der Waals surface area contributed by atoms with Crippen LogP contribution in [0.3, 0.4) is 0 Å². The summed E-state index contributed by atoms with van der Waals surface area (Å²) in [6.45, 7) is 0. The Labute approximate surface area is 244 Å². The third kappa shape index (κ3) is 4.05. The van der Waals surface area contributed by atoms with Crippen LogP contribution in [0.15, 0.2) is 168 Å². The van der Waals surface area contributed by atoms with E-state index in [9.17, 15) is 0 Å². The molecule has 0 saturated heterocycles. The van der Waals surface area contributed by atoms with Crippen molar-refractivity contribution >= 4 is 49.8 Å². The van der Waals surface area contributed by atoms with Gasteiger partial charge in [-0.25, -0.2) is 0 Å². The Bertz CT molecular complexity index is 2190. The van der Waals surface area contributed by atoms with Crippen molar-refractivity contribution in [3.63, 3.8) is 0 Å². The largest absolute Gasteiger partial charge is 0.456 e. The number of hydrogen-bond donors (Lipinski definition) is 0. The molecule has 2 nitrogen and oxygen atoms in total. The zero-order valence-corrected chi connectivity index (χ0v) is 22.9. The van der Waals surface area contributed by atoms with E-state index in [4.69, 9.17) is 4.42 Å². The molecule has 0 bridgehead atoms. The van der Waals surface area contributed by atoms with Gasteiger partial charge in [-0.1, -0.05) is 121 Å². The molecule has 0 spiro atoms. The molecule has 2 heteroatoms. The van der Waals surface area contributed by atoms with Crippen LogP contribution in [-0.2, 0) is 0 Å². The van der Waals surface area contributed by atoms with Gasteiger partial charge in [-0.15, -0.1) is 0 Å². The number of furan rings is 1. The van der Waals surface area contributed by atoms with Crippen LogP contribution in [0.2, 0.25) is 0 Å². The molecule has 0 aliphatic heterocycles. The van der Waals surface area contributed by atoms with Gasteiger partial charge in [-0.05, 0) is 69.9 Å². The molecule has 0 radical (unpaired) electrons. The van der Waals surface area contributed by atoms with Gasteiger partial charge >= 0.3 is 0 Å². The molecule has 0 fully saturated rings. The first-order chi connectivity index (χ1) is 20.8. The molecule has 198 valence electrons. The summed E-state index contributed by atoms with van der Waals surface area (Å²) in [7, 11) is 0. The van der Waals surface area contributed by atoms with E-state index < -0.39 is 0 Å². The average molecular weight is 538 g/mol. The fraction of sp³-hybridized carbons (Fsp3) is 0. The SMILES string of the molecule is c1ccc(N(c2ccc(-c3cccc4ccccc34)cc2)c2ccccc2-c2cccc3oc4ccccc4c23)cc1. The molecule has 1 heterocycles. The van der Waals surface area contributed by atoms with E-state index in [1.807, 2.05) is 12.1 Å². The lowest BCUT2D eigenvalue weighted by molar-refractivity contribution is 0.669. The molecule has 0 aliphatic rings. The maximum Gasteiger partial charge on any atom is 0.136 e. The minimum absolute atomic E-state index is 0.897. The molecule has 8 rings (SSSR count). The fourth-order valence-corrected chi connectivity index (χ4v) is 6.17. The monoisotopic (exact) mass is 537 g/mol. The van der Waals surface area contributed by atoms with E-state index in [1.165, 1.54) is 21.9 Å². The third-order valence-corrected chi connectivity index (χ3v) is 8.08. The smallest absolute Gasteiger partial charge is 0.136 e. The van der Waals surface area contributed by atoms with Crippen LogP contribution in [0.1, 0.15) is 0 Å². The van der Waals surface area contributed by atoms with Gasteiger partial charge in [0, 0.05) is 27.7 Å². The lowest BCUT2D eigenvalue weighted by Gasteiger charge is -2.28. The summed E-state index contributed by atoms with van der Waals surface area (Å²) in [5, 5.41) is 4.78. The number of rotatable bonds is 5. The van der Waals surface area contributed by atoms with Crippen LogP contribution in [0.4, 0.5) is 17.1 Å². The lowest BCUT2D eigenvalue weighted by atomic mass is 9.96. The quantitative estimate of drug-likeness (QED) is 0.217. The van der Waals surface area contributed by atoms with Crippen molar-refractivity contribution in [1.29, 1.82) is 0 Å². The predicted molar refractivity (Wildman–Crippen MR) is 177 cm³/mol. The summed E-state index contributed by atoms with van der Waals surface area (Å²) < 4.78 is 6.26. The maximum atomic E-state index is 6.26. The van der Waals surface area contributed by atoms with Crippen molar-refractivity contribution < 1.29 is 4.42 Å². The summed E-state index contributed by atoms with van der Waals surface area (Å²) in [6, 6.07) is 57.9. The first-order valence-corrected chi connectivity index (χ1v) is 14.3. The highest BCUT2D eigenvalue weighted by molar-refractivity contribution is 6.13. The second-order valence-corrected chi connectivity index (χ2v) is 10.5. The first kappa shape index (κ1) is 24.2. The van der Waals surface area contributed by atoms with Gasteiger partial charge in [0.05, 0.1) is 5.69 Å². The van der Waals surface area contributed by atoms with E-state index in [0.717, 1.165) is 50.1 Å². The average Bonchev–Trinajstić information content (AvgIpc) is 3.45. The van der Waals surface area contributed by atoms with Crippen LogP contribution < -0.4 is 4.90 Å². The van der Waals surface area contributed by atoms with Gasteiger partial charge in [0.2, 0.25) is 0 Å². The van der Waals surface area contributed by atoms with Crippen molar-refractivity contribution in [1.82, 2.24) is 0 Å². The Kier molecular flexibility index (Phi) is 5.82. The lowest BCUT2D eigenvalue weighted by Crippen LogP contribution is -2.11. The predicted octanol–water partition coefficient (Wildman–Crippen LogP) is 11.5. The molecular formula is C40H27NO. The summed E-state index contributed by atoms with van der Waals surface area (Å²) >= 11 is 0. The normalized spacial score (nSPS) is 11.3. The highest BCUT2D eigenvalue weighted by Gasteiger charge is 2.20. The van der Waals surface area contributed by atoms with Crippen molar-refractivity contribution in [2.75, 3.05) is 4.90 Å². The number of nitrogens with zero attached hydrogens (tertiary/aromatic N) is 1. The van der Waals surface area contributed by atoms with E-state index in [0.29, 0.717) is 0 Å². The van der Waals surface area contributed by atoms with Gasteiger partial charge in [-0.2, -0.15) is 0 Å². The van der Waals surface area contributed by atoms with E-state index in [-0.39, 0.29) is 0 Å². The fourth-order valence-electron chi connectivity index (χ4n) is 6.17. The molecule has 0 amide bonds. The third-order valence-electron chi connectivity index (χ3n) is 8.08. The zero-order chi connectivity index (χ0) is 27.9. The molecule has 1 aromatic heterocycles. The molecular weight excluding hydrogens is 510 g/mol. The Balaban J connectivity index is 1.31. The molecule has 0 atom stereocenters. The topological polar surface area (TPSA) is 16.4 Å². The van der Waals surface area contributed by atoms with Gasteiger partial charge in [0.15, 0.2) is 0 Å². The molecule has 42 heavy (non-hydrogen) atoms. The Morgan fingerprint density at radius 3 is 1.86 bits per heavy atom. The van der Waals surface area contributed by atoms with Gasteiger partial charge in [-0.3, -0.25) is 0 Å². The maximum absolute atomic E-state index is 6.26. The number of para-hydroxylation sites is 3. The van der Waals surface area contributed by atoms with Crippen molar-refractivity contribution in [3.05, 3.63) is 164 Å². The number of anilines is 3. The molecule has 0 N–H and O–H groups in total. The Morgan fingerprint density at radius 1 is 0.381 bits per heavy atom. The highest BCUT2D eigenvalue weighted by atomic mass is 16.3. The minimum Gasteiger partial charge on any atom is -0.456 e. The number of fused-ring (bicyclic) bond motifs is 4. The van der Waals surface area contributed by atoms with Crippen LogP contribution in [0.25, 0.3) is 55.0 Å². The minimum atomic E-state index is 0.897. The van der Waals surface area contributed by atoms with Crippen LogP contribution in [-0.4, -0.2) is 0 Å². The standard InChI is InChI=1S/C40H27NO/c1-2-14-30(15-3-1)41(31-26-24-29(25-27-31)33-19-10-13-28-12-4-5-16-32(28)33)37-21-8-6-17-34(37)35-20-11-23-39-40(35)36-18-7-9-22-38(36)42-39/h1-27H. The number of hydrogen-bond acceptors (Lipinski definition) is 2. The van der Waals surface area contributed by atoms with Crippen LogP contribution in [0.5, 0.6) is 0 Å². The van der Waals surface area contributed by atoms with Gasteiger partial charge in [0.1, 0.15) is 11.2 Å². The van der Waals surface area contributed by atoms with Crippen molar-refractivity contribution in [2.45, 2.75) is 0 Å². The molecule has 0 aliphatic carbocycles. The Morgan fingerprint density at radius 2 is 0.976 bits per heavy atom. The van der Waals surface area contributed by atoms with E-state index in [1.54, 1.807) is 0 Å². The number of benzene rings is 7. The van der Waals surface area contributed by atoms with Crippen molar-refractivity contribution in [2.24, 2.45) is 0 Å². The molecule has 7 aromatic carbocycles. The van der Waals surface area contributed by atoms with E-state index >= 15 is 0 Å². The van der Waals surface area contributed by atoms with Gasteiger partial charge in [0.25, 0.3) is 0 Å². The Hall–Kier alpha value is -5.60. The van der Waals surface area contributed by atoms with Crippen LogP contribution >= 0.6 is 0 Å². The molecule has 0 saturated carbocycles.